The van der Waals surface area contributed by atoms with E-state index in [-0.39, 0.29) is 25.1 Å². The van der Waals surface area contributed by atoms with E-state index in [2.05, 4.69) is 6.58 Å². The lowest BCUT2D eigenvalue weighted by atomic mass is 9.96. The van der Waals surface area contributed by atoms with Gasteiger partial charge in [0.05, 0.1) is 33.5 Å². The number of epoxide rings is 1. The maximum absolute atomic E-state index is 6.59. The van der Waals surface area contributed by atoms with Gasteiger partial charge in [-0.25, -0.2) is 0 Å². The van der Waals surface area contributed by atoms with Gasteiger partial charge in [-0.1, -0.05) is 24.3 Å². The molecule has 0 aromatic heterocycles. The third kappa shape index (κ3) is 4.33. The summed E-state index contributed by atoms with van der Waals surface area (Å²) in [4.78, 5) is 0. The molecule has 148 valence electrons. The van der Waals surface area contributed by atoms with E-state index in [9.17, 15) is 0 Å². The van der Waals surface area contributed by atoms with E-state index in [1.807, 2.05) is 0 Å². The van der Waals surface area contributed by atoms with E-state index >= 15 is 0 Å². The van der Waals surface area contributed by atoms with Crippen LogP contribution in [-0.4, -0.2) is 72.0 Å². The molecule has 8 nitrogen and oxygen atoms in total. The van der Waals surface area contributed by atoms with Crippen LogP contribution in [0.3, 0.4) is 0 Å². The van der Waals surface area contributed by atoms with E-state index in [0.717, 1.165) is 0 Å². The normalized spacial score (nSPS) is 26.8. The van der Waals surface area contributed by atoms with Gasteiger partial charge < -0.3 is 37.9 Å². The van der Waals surface area contributed by atoms with Gasteiger partial charge in [-0.15, -0.1) is 0 Å². The van der Waals surface area contributed by atoms with Gasteiger partial charge in [-0.05, 0) is 0 Å². The molecule has 2 aliphatic rings. The summed E-state index contributed by atoms with van der Waals surface area (Å²) in [6, 6.07) is 0. The Morgan fingerprint density at radius 1 is 1.04 bits per heavy atom. The fourth-order valence-electron chi connectivity index (χ4n) is 2.35. The average molecular weight is 393 g/mol. The first kappa shape index (κ1) is 21.0. The van der Waals surface area contributed by atoms with Crippen molar-refractivity contribution in [2.45, 2.75) is 10.7 Å². The third-order valence-corrected chi connectivity index (χ3v) is 4.34. The van der Waals surface area contributed by atoms with Crippen LogP contribution in [0.2, 0.25) is 0 Å². The topological polar surface area (TPSA) is 77.1 Å². The van der Waals surface area contributed by atoms with E-state index in [4.69, 9.17) is 49.5 Å². The molecule has 0 N–H and O–H groups in total. The van der Waals surface area contributed by atoms with E-state index in [0.29, 0.717) is 32.2 Å². The molecule has 1 fully saturated rings. The van der Waals surface area contributed by atoms with Crippen LogP contribution in [0, 0.1) is 0 Å². The molecule has 0 aromatic rings. The first-order chi connectivity index (χ1) is 12.6. The first-order valence-corrected chi connectivity index (χ1v) is 8.40. The first-order valence-electron chi connectivity index (χ1n) is 8.02. The van der Waals surface area contributed by atoms with Gasteiger partial charge in [0.15, 0.2) is 30.7 Å². The number of hydrogen-bond acceptors (Lipinski definition) is 8. The molecular weight excluding hydrogens is 368 g/mol. The second-order valence-corrected chi connectivity index (χ2v) is 5.92. The predicted molar refractivity (Wildman–Crippen MR) is 92.3 cm³/mol. The van der Waals surface area contributed by atoms with Gasteiger partial charge in [-0.2, -0.15) is 0 Å². The van der Waals surface area contributed by atoms with Crippen molar-refractivity contribution >= 4 is 11.6 Å². The lowest BCUT2D eigenvalue weighted by Gasteiger charge is -2.24. The van der Waals surface area contributed by atoms with E-state index < -0.39 is 10.7 Å². The van der Waals surface area contributed by atoms with Crippen molar-refractivity contribution in [1.82, 2.24) is 0 Å². The summed E-state index contributed by atoms with van der Waals surface area (Å²) in [5.74, 6) is 0.928. The molecule has 2 atom stereocenters. The highest BCUT2D eigenvalue weighted by Crippen LogP contribution is 2.62. The van der Waals surface area contributed by atoms with Crippen molar-refractivity contribution in [3.63, 3.8) is 0 Å². The minimum absolute atomic E-state index is 0.0369. The van der Waals surface area contributed by atoms with Crippen molar-refractivity contribution in [1.29, 1.82) is 0 Å². The molecule has 1 heterocycles. The maximum Gasteiger partial charge on any atom is 0.241 e. The van der Waals surface area contributed by atoms with Crippen LogP contribution in [0.4, 0.5) is 0 Å². The molecule has 0 spiro atoms. The molecule has 0 aromatic carbocycles. The second-order valence-electron chi connectivity index (χ2n) is 5.39. The van der Waals surface area contributed by atoms with Gasteiger partial charge in [0.25, 0.3) is 0 Å². The number of fused-ring (bicyclic) bond motifs is 1. The fraction of sp³-hybridized carbons (Fsp3) is 0.647. The summed E-state index contributed by atoms with van der Waals surface area (Å²) in [7, 11) is 4.68. The van der Waals surface area contributed by atoms with Gasteiger partial charge in [0.1, 0.15) is 0 Å². The Labute approximate surface area is 158 Å². The Kier molecular flexibility index (Phi) is 7.75. The van der Waals surface area contributed by atoms with Crippen LogP contribution in [0.1, 0.15) is 0 Å². The highest BCUT2D eigenvalue weighted by Gasteiger charge is 2.74. The minimum Gasteiger partial charge on any atom is -0.493 e. The summed E-state index contributed by atoms with van der Waals surface area (Å²) in [6.07, 6.45) is 3.27. The molecular formula is C17H25ClO8. The Hall–Kier alpha value is -1.29. The number of alkyl halides is 1. The molecule has 1 aliphatic heterocycles. The average Bonchev–Trinajstić information content (AvgIpc) is 3.27. The Morgan fingerprint density at radius 3 is 2.19 bits per heavy atom. The zero-order valence-corrected chi connectivity index (χ0v) is 16.0. The molecule has 1 saturated heterocycles. The Bertz CT molecular complexity index is 549. The van der Waals surface area contributed by atoms with Crippen LogP contribution < -0.4 is 0 Å². The minimum atomic E-state index is -1.26. The molecule has 26 heavy (non-hydrogen) atoms. The zero-order chi connectivity index (χ0) is 19.0. The Morgan fingerprint density at radius 2 is 1.65 bits per heavy atom. The molecule has 0 bridgehead atoms. The number of hydrogen-bond donors (Lipinski definition) is 0. The monoisotopic (exact) mass is 392 g/mol. The third-order valence-electron chi connectivity index (χ3n) is 3.80. The number of halogens is 1. The summed E-state index contributed by atoms with van der Waals surface area (Å²) >= 11 is 6.59. The van der Waals surface area contributed by atoms with Crippen LogP contribution in [0.15, 0.2) is 36.0 Å². The second kappa shape index (κ2) is 9.59. The summed E-state index contributed by atoms with van der Waals surface area (Å²) in [6.45, 7) is 5.33. The summed E-state index contributed by atoms with van der Waals surface area (Å²) in [5, 5.41) is -1.26. The molecule has 0 amide bonds. The van der Waals surface area contributed by atoms with E-state index in [1.54, 1.807) is 26.4 Å². The quantitative estimate of drug-likeness (QED) is 0.146. The molecule has 0 radical (unpaired) electrons. The number of ether oxygens (including phenoxy) is 8. The lowest BCUT2D eigenvalue weighted by Crippen LogP contribution is -2.29. The summed E-state index contributed by atoms with van der Waals surface area (Å²) in [5.41, 5.74) is -0.925. The SMILES string of the molecule is C=CC12C=C(OC)C(OCOCCOC)=C(OCOCCOC)C1(Cl)O2. The molecule has 0 saturated carbocycles. The predicted octanol–water partition coefficient (Wildman–Crippen LogP) is 1.91. The molecule has 1 aliphatic carbocycles. The van der Waals surface area contributed by atoms with Crippen molar-refractivity contribution in [3.05, 3.63) is 36.0 Å². The van der Waals surface area contributed by atoms with Gasteiger partial charge in [0, 0.05) is 20.3 Å². The van der Waals surface area contributed by atoms with Crippen LogP contribution >= 0.6 is 11.6 Å². The smallest absolute Gasteiger partial charge is 0.241 e. The van der Waals surface area contributed by atoms with Crippen molar-refractivity contribution in [2.24, 2.45) is 0 Å². The highest BCUT2D eigenvalue weighted by atomic mass is 35.5. The number of methoxy groups -OCH3 is 3. The zero-order valence-electron chi connectivity index (χ0n) is 15.2. The molecule has 9 heteroatoms. The van der Waals surface area contributed by atoms with Crippen molar-refractivity contribution in [3.8, 4) is 0 Å². The van der Waals surface area contributed by atoms with E-state index in [1.165, 1.54) is 7.11 Å². The summed E-state index contributed by atoms with van der Waals surface area (Å²) < 4.78 is 43.0. The van der Waals surface area contributed by atoms with Gasteiger partial charge in [-0.3, -0.25) is 0 Å². The standard InChI is InChI=1S/C17H25ClO8/c1-5-16-10-13(21-4)14(24-11-22-8-6-19-2)15(17(16,18)26-16)25-12-23-9-7-20-3/h5,10H,1,6-9,11-12H2,2-4H3. The van der Waals surface area contributed by atoms with Crippen molar-refractivity contribution in [2.75, 3.05) is 61.3 Å². The van der Waals surface area contributed by atoms with Crippen LogP contribution in [0.5, 0.6) is 0 Å². The maximum atomic E-state index is 6.59. The fourth-order valence-corrected chi connectivity index (χ4v) is 2.75. The molecule has 2 rings (SSSR count). The van der Waals surface area contributed by atoms with Crippen LogP contribution in [0.25, 0.3) is 0 Å². The molecule has 2 unspecified atom stereocenters. The highest BCUT2D eigenvalue weighted by molar-refractivity contribution is 6.28. The van der Waals surface area contributed by atoms with Gasteiger partial charge >= 0.3 is 0 Å². The largest absolute Gasteiger partial charge is 0.493 e. The van der Waals surface area contributed by atoms with Crippen LogP contribution in [-0.2, 0) is 37.9 Å². The number of rotatable bonds is 14. The van der Waals surface area contributed by atoms with Gasteiger partial charge in [0.2, 0.25) is 10.8 Å². The Balaban J connectivity index is 2.10. The van der Waals surface area contributed by atoms with Crippen molar-refractivity contribution < 1.29 is 37.9 Å². The lowest BCUT2D eigenvalue weighted by molar-refractivity contribution is -0.0661.